The summed E-state index contributed by atoms with van der Waals surface area (Å²) in [5.41, 5.74) is 3.39. The molecule has 160 valence electrons. The molecule has 0 saturated heterocycles. The SMILES string of the molecule is O=C1NCCn2nc(-c3ccnc(-c4cc(Br)ccc4OCc4ccccc4Cl)n3)cc21. The largest absolute Gasteiger partial charge is 0.488 e. The number of carbonyl (C=O) groups is 1. The summed E-state index contributed by atoms with van der Waals surface area (Å²) in [6.45, 7) is 1.51. The van der Waals surface area contributed by atoms with Gasteiger partial charge in [0.2, 0.25) is 0 Å². The maximum atomic E-state index is 12.1. The van der Waals surface area contributed by atoms with E-state index in [2.05, 4.69) is 31.3 Å². The summed E-state index contributed by atoms with van der Waals surface area (Å²) in [4.78, 5) is 21.2. The Morgan fingerprint density at radius 2 is 2.00 bits per heavy atom. The number of hydrogen-bond acceptors (Lipinski definition) is 5. The van der Waals surface area contributed by atoms with Crippen LogP contribution in [0.2, 0.25) is 5.02 Å². The molecule has 2 aromatic carbocycles. The topological polar surface area (TPSA) is 81.9 Å². The standard InChI is InChI=1S/C23H17BrClN5O2/c24-15-5-6-21(32-13-14-3-1-2-4-17(14)25)16(11-15)22-26-8-7-18(28-22)19-12-20-23(31)27-9-10-30(20)29-19/h1-8,11-12H,9-10,13H2,(H,27,31). The summed E-state index contributed by atoms with van der Waals surface area (Å²) < 4.78 is 8.66. The summed E-state index contributed by atoms with van der Waals surface area (Å²) in [7, 11) is 0. The molecule has 0 aliphatic carbocycles. The number of halogens is 2. The van der Waals surface area contributed by atoms with Gasteiger partial charge in [0.1, 0.15) is 23.7 Å². The van der Waals surface area contributed by atoms with E-state index >= 15 is 0 Å². The molecule has 1 aliphatic rings. The third-order valence-corrected chi connectivity index (χ3v) is 5.93. The van der Waals surface area contributed by atoms with Gasteiger partial charge in [0, 0.05) is 27.8 Å². The zero-order valence-electron chi connectivity index (χ0n) is 16.8. The second kappa shape index (κ2) is 8.72. The highest BCUT2D eigenvalue weighted by molar-refractivity contribution is 9.10. The van der Waals surface area contributed by atoms with E-state index in [1.165, 1.54) is 0 Å². The summed E-state index contributed by atoms with van der Waals surface area (Å²) in [6.07, 6.45) is 1.68. The molecule has 32 heavy (non-hydrogen) atoms. The number of fused-ring (bicyclic) bond motifs is 1. The molecule has 0 atom stereocenters. The van der Waals surface area contributed by atoms with E-state index in [-0.39, 0.29) is 5.91 Å². The third kappa shape index (κ3) is 4.11. The highest BCUT2D eigenvalue weighted by Crippen LogP contribution is 2.33. The van der Waals surface area contributed by atoms with Crippen molar-refractivity contribution in [3.63, 3.8) is 0 Å². The Labute approximate surface area is 197 Å². The van der Waals surface area contributed by atoms with E-state index in [0.29, 0.717) is 53.4 Å². The van der Waals surface area contributed by atoms with Crippen molar-refractivity contribution < 1.29 is 9.53 Å². The van der Waals surface area contributed by atoms with Crippen LogP contribution in [0.25, 0.3) is 22.8 Å². The first-order chi connectivity index (χ1) is 15.6. The van der Waals surface area contributed by atoms with Gasteiger partial charge in [-0.2, -0.15) is 5.10 Å². The minimum atomic E-state index is -0.133. The van der Waals surface area contributed by atoms with Gasteiger partial charge in [-0.05, 0) is 36.4 Å². The molecule has 7 nitrogen and oxygen atoms in total. The zero-order chi connectivity index (χ0) is 22.1. The first-order valence-corrected chi connectivity index (χ1v) is 11.1. The van der Waals surface area contributed by atoms with Crippen LogP contribution in [-0.4, -0.2) is 32.2 Å². The van der Waals surface area contributed by atoms with Crippen molar-refractivity contribution in [1.82, 2.24) is 25.1 Å². The van der Waals surface area contributed by atoms with Crippen molar-refractivity contribution in [2.24, 2.45) is 0 Å². The molecule has 1 aliphatic heterocycles. The van der Waals surface area contributed by atoms with Gasteiger partial charge in [-0.3, -0.25) is 9.48 Å². The number of rotatable bonds is 5. The van der Waals surface area contributed by atoms with Gasteiger partial charge in [-0.1, -0.05) is 45.7 Å². The summed E-state index contributed by atoms with van der Waals surface area (Å²) >= 11 is 9.78. The second-order valence-electron chi connectivity index (χ2n) is 7.18. The van der Waals surface area contributed by atoms with Gasteiger partial charge < -0.3 is 10.1 Å². The number of hydrogen-bond donors (Lipinski definition) is 1. The van der Waals surface area contributed by atoms with Crippen LogP contribution in [-0.2, 0) is 13.2 Å². The Morgan fingerprint density at radius 1 is 1.12 bits per heavy atom. The fourth-order valence-corrected chi connectivity index (χ4v) is 4.02. The number of aromatic nitrogens is 4. The highest BCUT2D eigenvalue weighted by Gasteiger charge is 2.21. The molecule has 0 fully saturated rings. The Balaban J connectivity index is 1.48. The van der Waals surface area contributed by atoms with Gasteiger partial charge in [-0.15, -0.1) is 0 Å². The second-order valence-corrected chi connectivity index (χ2v) is 8.50. The molecule has 9 heteroatoms. The lowest BCUT2D eigenvalue weighted by Crippen LogP contribution is -2.35. The molecule has 0 spiro atoms. The summed E-state index contributed by atoms with van der Waals surface area (Å²) in [6, 6.07) is 16.8. The molecule has 5 rings (SSSR count). The predicted molar refractivity (Wildman–Crippen MR) is 125 cm³/mol. The third-order valence-electron chi connectivity index (χ3n) is 5.06. The van der Waals surface area contributed by atoms with Crippen molar-refractivity contribution in [2.45, 2.75) is 13.2 Å². The zero-order valence-corrected chi connectivity index (χ0v) is 19.1. The Morgan fingerprint density at radius 3 is 2.84 bits per heavy atom. The lowest BCUT2D eigenvalue weighted by molar-refractivity contribution is 0.0924. The monoisotopic (exact) mass is 509 g/mol. The molecule has 0 saturated carbocycles. The van der Waals surface area contributed by atoms with E-state index < -0.39 is 0 Å². The molecule has 0 unspecified atom stereocenters. The number of nitrogens with zero attached hydrogens (tertiary/aromatic N) is 4. The fourth-order valence-electron chi connectivity index (χ4n) is 3.47. The van der Waals surface area contributed by atoms with Crippen LogP contribution in [0.5, 0.6) is 5.75 Å². The normalized spacial score (nSPS) is 12.9. The van der Waals surface area contributed by atoms with Crippen molar-refractivity contribution in [3.05, 3.63) is 81.5 Å². The molecule has 3 heterocycles. The lowest BCUT2D eigenvalue weighted by Gasteiger charge is -2.13. The van der Waals surface area contributed by atoms with Gasteiger partial charge in [0.05, 0.1) is 17.8 Å². The average molecular weight is 511 g/mol. The molecule has 1 amide bonds. The van der Waals surface area contributed by atoms with Crippen molar-refractivity contribution in [3.8, 4) is 28.5 Å². The highest BCUT2D eigenvalue weighted by atomic mass is 79.9. The smallest absolute Gasteiger partial charge is 0.269 e. The molecule has 0 radical (unpaired) electrons. The Bertz CT molecular complexity index is 1320. The molecule has 4 aromatic rings. The van der Waals surface area contributed by atoms with Crippen LogP contribution in [0.1, 0.15) is 16.1 Å². The van der Waals surface area contributed by atoms with Crippen molar-refractivity contribution >= 4 is 33.4 Å². The minimum Gasteiger partial charge on any atom is -0.488 e. The fraction of sp³-hybridized carbons (Fsp3) is 0.130. The minimum absolute atomic E-state index is 0.133. The molecular formula is C23H17BrClN5O2. The van der Waals surface area contributed by atoms with E-state index in [1.54, 1.807) is 23.0 Å². The van der Waals surface area contributed by atoms with E-state index in [0.717, 1.165) is 15.6 Å². The lowest BCUT2D eigenvalue weighted by atomic mass is 10.1. The molecule has 1 N–H and O–H groups in total. The molecule has 0 bridgehead atoms. The van der Waals surface area contributed by atoms with Crippen LogP contribution < -0.4 is 10.1 Å². The maximum absolute atomic E-state index is 12.1. The molecular weight excluding hydrogens is 494 g/mol. The Hall–Kier alpha value is -3.23. The van der Waals surface area contributed by atoms with Crippen LogP contribution in [0.4, 0.5) is 0 Å². The number of nitrogens with one attached hydrogen (secondary N) is 1. The van der Waals surface area contributed by atoms with Crippen LogP contribution in [0.3, 0.4) is 0 Å². The van der Waals surface area contributed by atoms with Gasteiger partial charge >= 0.3 is 0 Å². The van der Waals surface area contributed by atoms with E-state index in [9.17, 15) is 4.79 Å². The number of amides is 1. The Kier molecular flexibility index (Phi) is 5.63. The van der Waals surface area contributed by atoms with Gasteiger partial charge in [0.15, 0.2) is 5.82 Å². The van der Waals surface area contributed by atoms with Crippen LogP contribution >= 0.6 is 27.5 Å². The summed E-state index contributed by atoms with van der Waals surface area (Å²) in [5.74, 6) is 0.994. The first kappa shape index (κ1) is 20.7. The van der Waals surface area contributed by atoms with Crippen LogP contribution in [0.15, 0.2) is 65.3 Å². The predicted octanol–water partition coefficient (Wildman–Crippen LogP) is 4.75. The van der Waals surface area contributed by atoms with Crippen LogP contribution in [0, 0.1) is 0 Å². The van der Waals surface area contributed by atoms with E-state index in [4.69, 9.17) is 21.3 Å². The molecule has 2 aromatic heterocycles. The first-order valence-electron chi connectivity index (χ1n) is 9.94. The number of carbonyl (C=O) groups excluding carboxylic acids is 1. The number of benzene rings is 2. The summed E-state index contributed by atoms with van der Waals surface area (Å²) in [5, 5.41) is 8.01. The van der Waals surface area contributed by atoms with Crippen molar-refractivity contribution in [1.29, 1.82) is 0 Å². The van der Waals surface area contributed by atoms with Crippen molar-refractivity contribution in [2.75, 3.05) is 6.54 Å². The van der Waals surface area contributed by atoms with Gasteiger partial charge in [-0.25, -0.2) is 9.97 Å². The number of ether oxygens (including phenoxy) is 1. The van der Waals surface area contributed by atoms with Gasteiger partial charge in [0.25, 0.3) is 5.91 Å². The van der Waals surface area contributed by atoms with E-state index in [1.807, 2.05) is 42.5 Å². The average Bonchev–Trinajstić information content (AvgIpc) is 3.25. The quantitative estimate of drug-likeness (QED) is 0.419. The maximum Gasteiger partial charge on any atom is 0.269 e.